The van der Waals surface area contributed by atoms with Crippen LogP contribution in [-0.4, -0.2) is 96.7 Å². The number of unbranched alkanes of at least 4 members (excludes halogenated alkanes) is 50. The molecule has 600 valence electrons. The Morgan fingerprint density at radius 1 is 0.287 bits per heavy atom. The quantitative estimate of drug-likeness (QED) is 0.0222. The molecule has 3 unspecified atom stereocenters. The van der Waals surface area contributed by atoms with Crippen LogP contribution in [0, 0.1) is 11.8 Å². The average Bonchev–Trinajstić information content (AvgIpc) is 0.969. The standard InChI is InChI=1S/C82H160O17P2/c1-7-10-12-14-16-18-20-21-22-23-24-30-35-41-47-53-59-65-80(85)93-71-78(99-81(86)66-60-54-48-42-36-31-26-25-29-34-39-45-51-57-63-75(6)9-3)73-97-101(90,91)95-69-76(83)68-94-100(88,89)96-72-77(70-92-79(84)64-58-52-46-40-19-17-15-13-11-8-2)98-82(87)67-61-55-49-43-37-32-27-28-33-38-44-50-56-62-74(4)5/h74-78,83H,7-73H2,1-6H3,(H,88,89)(H,90,91)/t75?,76-,77+,78+/m0/s1. The maximum atomic E-state index is 13.1. The maximum absolute atomic E-state index is 13.1. The number of aliphatic hydroxyl groups is 1. The summed E-state index contributed by atoms with van der Waals surface area (Å²) in [5, 5.41) is 10.7. The Morgan fingerprint density at radius 3 is 0.752 bits per heavy atom. The van der Waals surface area contributed by atoms with E-state index in [0.29, 0.717) is 25.7 Å². The Labute approximate surface area is 619 Å². The number of aliphatic hydroxyl groups excluding tert-OH is 1. The third-order valence-corrected chi connectivity index (χ3v) is 21.5. The van der Waals surface area contributed by atoms with Crippen LogP contribution in [0.5, 0.6) is 0 Å². The van der Waals surface area contributed by atoms with Crippen LogP contribution in [0.3, 0.4) is 0 Å². The van der Waals surface area contributed by atoms with Gasteiger partial charge in [0.15, 0.2) is 12.2 Å². The van der Waals surface area contributed by atoms with Gasteiger partial charge in [0.05, 0.1) is 26.4 Å². The number of hydrogen-bond acceptors (Lipinski definition) is 15. The number of hydrogen-bond donors (Lipinski definition) is 3. The van der Waals surface area contributed by atoms with Crippen molar-refractivity contribution in [3.05, 3.63) is 0 Å². The molecule has 0 aromatic rings. The summed E-state index contributed by atoms with van der Waals surface area (Å²) in [6.07, 6.45) is 63.6. The van der Waals surface area contributed by atoms with Gasteiger partial charge in [0.1, 0.15) is 19.3 Å². The molecule has 0 radical (unpaired) electrons. The van der Waals surface area contributed by atoms with Crippen LogP contribution in [0.1, 0.15) is 433 Å². The van der Waals surface area contributed by atoms with Gasteiger partial charge in [-0.2, -0.15) is 0 Å². The molecule has 0 aromatic heterocycles. The zero-order valence-electron chi connectivity index (χ0n) is 66.2. The predicted molar refractivity (Wildman–Crippen MR) is 414 cm³/mol. The van der Waals surface area contributed by atoms with Crippen molar-refractivity contribution < 1.29 is 80.2 Å². The first-order valence-corrected chi connectivity index (χ1v) is 45.5. The van der Waals surface area contributed by atoms with Gasteiger partial charge in [0, 0.05) is 25.7 Å². The Kier molecular flexibility index (Phi) is 72.2. The average molecular weight is 1480 g/mol. The van der Waals surface area contributed by atoms with E-state index in [0.717, 1.165) is 102 Å². The van der Waals surface area contributed by atoms with Crippen molar-refractivity contribution in [2.75, 3.05) is 39.6 Å². The molecule has 0 saturated heterocycles. The van der Waals surface area contributed by atoms with Crippen LogP contribution in [0.15, 0.2) is 0 Å². The Bertz CT molecular complexity index is 1940. The second-order valence-electron chi connectivity index (χ2n) is 30.2. The number of rotatable bonds is 81. The molecule has 0 spiro atoms. The molecule has 0 aromatic carbocycles. The molecule has 0 aliphatic carbocycles. The van der Waals surface area contributed by atoms with Gasteiger partial charge in [-0.1, -0.05) is 382 Å². The number of phosphoric ester groups is 2. The smallest absolute Gasteiger partial charge is 0.462 e. The van der Waals surface area contributed by atoms with Crippen molar-refractivity contribution >= 4 is 39.5 Å². The second-order valence-corrected chi connectivity index (χ2v) is 33.1. The highest BCUT2D eigenvalue weighted by molar-refractivity contribution is 7.47. The lowest BCUT2D eigenvalue weighted by Crippen LogP contribution is -2.30. The number of carbonyl (C=O) groups excluding carboxylic acids is 4. The number of ether oxygens (including phenoxy) is 4. The maximum Gasteiger partial charge on any atom is 0.472 e. The highest BCUT2D eigenvalue weighted by atomic mass is 31.2. The highest BCUT2D eigenvalue weighted by Crippen LogP contribution is 2.45. The molecule has 0 fully saturated rings. The lowest BCUT2D eigenvalue weighted by atomic mass is 9.99. The number of carbonyl (C=O) groups is 4. The Hall–Kier alpha value is -1.94. The summed E-state index contributed by atoms with van der Waals surface area (Å²) in [7, 11) is -9.92. The van der Waals surface area contributed by atoms with Crippen LogP contribution >= 0.6 is 15.6 Å². The monoisotopic (exact) mass is 1480 g/mol. The molecule has 0 bridgehead atoms. The third kappa shape index (κ3) is 74.7. The van der Waals surface area contributed by atoms with Gasteiger partial charge < -0.3 is 33.8 Å². The lowest BCUT2D eigenvalue weighted by Gasteiger charge is -2.21. The van der Waals surface area contributed by atoms with E-state index in [9.17, 15) is 43.2 Å². The molecule has 0 aliphatic rings. The van der Waals surface area contributed by atoms with Gasteiger partial charge in [-0.05, 0) is 37.5 Å². The van der Waals surface area contributed by atoms with E-state index in [1.807, 2.05) is 0 Å². The van der Waals surface area contributed by atoms with Gasteiger partial charge >= 0.3 is 39.5 Å². The van der Waals surface area contributed by atoms with Gasteiger partial charge in [-0.3, -0.25) is 37.3 Å². The van der Waals surface area contributed by atoms with E-state index >= 15 is 0 Å². The molecule has 101 heavy (non-hydrogen) atoms. The van der Waals surface area contributed by atoms with Crippen LogP contribution in [-0.2, 0) is 65.4 Å². The van der Waals surface area contributed by atoms with Crippen LogP contribution < -0.4 is 0 Å². The first-order valence-electron chi connectivity index (χ1n) is 42.5. The Morgan fingerprint density at radius 2 is 0.505 bits per heavy atom. The molecular weight excluding hydrogens is 1320 g/mol. The molecule has 0 heterocycles. The highest BCUT2D eigenvalue weighted by Gasteiger charge is 2.30. The fourth-order valence-corrected chi connectivity index (χ4v) is 14.3. The summed E-state index contributed by atoms with van der Waals surface area (Å²) < 4.78 is 68.8. The molecule has 3 N–H and O–H groups in total. The minimum absolute atomic E-state index is 0.108. The second kappa shape index (κ2) is 73.6. The lowest BCUT2D eigenvalue weighted by molar-refractivity contribution is -0.161. The molecule has 17 nitrogen and oxygen atoms in total. The largest absolute Gasteiger partial charge is 0.472 e. The van der Waals surface area contributed by atoms with Crippen LogP contribution in [0.2, 0.25) is 0 Å². The van der Waals surface area contributed by atoms with Crippen molar-refractivity contribution in [3.8, 4) is 0 Å². The molecule has 0 amide bonds. The summed E-state index contributed by atoms with van der Waals surface area (Å²) in [5.41, 5.74) is 0. The predicted octanol–water partition coefficient (Wildman–Crippen LogP) is 24.7. The summed E-state index contributed by atoms with van der Waals surface area (Å²) in [4.78, 5) is 73.1. The number of esters is 4. The molecule has 0 rings (SSSR count). The van der Waals surface area contributed by atoms with E-state index in [2.05, 4.69) is 41.5 Å². The van der Waals surface area contributed by atoms with Gasteiger partial charge in [0.25, 0.3) is 0 Å². The van der Waals surface area contributed by atoms with Gasteiger partial charge in [-0.25, -0.2) is 9.13 Å². The summed E-state index contributed by atoms with van der Waals surface area (Å²) >= 11 is 0. The van der Waals surface area contributed by atoms with E-state index in [4.69, 9.17) is 37.0 Å². The fourth-order valence-electron chi connectivity index (χ4n) is 12.7. The van der Waals surface area contributed by atoms with Crippen molar-refractivity contribution in [2.24, 2.45) is 11.8 Å². The van der Waals surface area contributed by atoms with Crippen molar-refractivity contribution in [3.63, 3.8) is 0 Å². The van der Waals surface area contributed by atoms with Crippen LogP contribution in [0.25, 0.3) is 0 Å². The normalized spacial score (nSPS) is 14.2. The van der Waals surface area contributed by atoms with E-state index in [1.165, 1.54) is 250 Å². The first-order chi connectivity index (χ1) is 48.9. The minimum Gasteiger partial charge on any atom is -0.462 e. The van der Waals surface area contributed by atoms with E-state index in [-0.39, 0.29) is 25.7 Å². The summed E-state index contributed by atoms with van der Waals surface area (Å²) in [5.74, 6) is -0.473. The molecule has 19 heteroatoms. The van der Waals surface area contributed by atoms with Crippen molar-refractivity contribution in [1.82, 2.24) is 0 Å². The van der Waals surface area contributed by atoms with Crippen molar-refractivity contribution in [2.45, 2.75) is 452 Å². The summed E-state index contributed by atoms with van der Waals surface area (Å²) in [6.45, 7) is 9.71. The summed E-state index contributed by atoms with van der Waals surface area (Å²) in [6, 6.07) is 0. The first kappa shape index (κ1) is 99.1. The van der Waals surface area contributed by atoms with Crippen molar-refractivity contribution in [1.29, 1.82) is 0 Å². The zero-order chi connectivity index (χ0) is 74.2. The molecule has 0 aliphatic heterocycles. The topological polar surface area (TPSA) is 237 Å². The van der Waals surface area contributed by atoms with E-state index in [1.54, 1.807) is 0 Å². The van der Waals surface area contributed by atoms with Gasteiger partial charge in [-0.15, -0.1) is 0 Å². The van der Waals surface area contributed by atoms with Crippen LogP contribution in [0.4, 0.5) is 0 Å². The molecule has 0 saturated carbocycles. The fraction of sp³-hybridized carbons (Fsp3) is 0.951. The zero-order valence-corrected chi connectivity index (χ0v) is 68.0. The Balaban J connectivity index is 5.24. The van der Waals surface area contributed by atoms with Gasteiger partial charge in [0.2, 0.25) is 0 Å². The number of phosphoric acid groups is 2. The van der Waals surface area contributed by atoms with E-state index < -0.39 is 97.5 Å². The molecule has 6 atom stereocenters. The third-order valence-electron chi connectivity index (χ3n) is 19.6. The SMILES string of the molecule is CCCCCCCCCCCCCCCCCCCC(=O)OC[C@H](COP(=O)(O)OC[C@@H](O)COP(=O)(O)OC[C@@H](COC(=O)CCCCCCCCCCCC)OC(=O)CCCCCCCCCCCCCCCC(C)C)OC(=O)CCCCCCCCCCCCCCCCC(C)CC. The minimum atomic E-state index is -4.96. The molecular formula is C82H160O17P2.